The smallest absolute Gasteiger partial charge is 0.263 e. The topological polar surface area (TPSA) is 132 Å². The summed E-state index contributed by atoms with van der Waals surface area (Å²) in [6.45, 7) is 7.04. The second-order valence-corrected chi connectivity index (χ2v) is 11.0. The van der Waals surface area contributed by atoms with Gasteiger partial charge in [0.2, 0.25) is 11.8 Å². The van der Waals surface area contributed by atoms with Gasteiger partial charge in [-0.05, 0) is 55.1 Å². The number of aliphatic imine (C=N–C) groups is 1. The van der Waals surface area contributed by atoms with E-state index in [1.165, 1.54) is 49.3 Å². The number of benzene rings is 2. The highest BCUT2D eigenvalue weighted by molar-refractivity contribution is 7.89. The SMILES string of the molecule is C=N/C(OC)=C(\C=C(/C)c1ccc2ncn(C[C@@H](C)C(=O)NC)c(=O)c2c1)NS(=O)(=O)c1cccc(Cl)c1Cl. The number of fused-ring (bicyclic) bond motifs is 1. The van der Waals surface area contributed by atoms with E-state index in [-0.39, 0.29) is 44.5 Å². The summed E-state index contributed by atoms with van der Waals surface area (Å²) in [7, 11) is -1.36. The molecule has 1 aromatic heterocycles. The van der Waals surface area contributed by atoms with Crippen LogP contribution in [-0.2, 0) is 26.1 Å². The maximum absolute atomic E-state index is 13.2. The summed E-state index contributed by atoms with van der Waals surface area (Å²) >= 11 is 12.1. The van der Waals surface area contributed by atoms with Crippen molar-refractivity contribution in [3.63, 3.8) is 0 Å². The molecule has 2 aromatic carbocycles. The summed E-state index contributed by atoms with van der Waals surface area (Å²) in [5, 5.41) is 2.83. The van der Waals surface area contributed by atoms with Crippen LogP contribution in [0.25, 0.3) is 16.5 Å². The highest BCUT2D eigenvalue weighted by Crippen LogP contribution is 2.30. The average Bonchev–Trinajstić information content (AvgIpc) is 2.91. The summed E-state index contributed by atoms with van der Waals surface area (Å²) in [5.74, 6) is -0.728. The molecule has 0 aliphatic carbocycles. The van der Waals surface area contributed by atoms with Gasteiger partial charge < -0.3 is 10.1 Å². The van der Waals surface area contributed by atoms with Gasteiger partial charge in [0, 0.05) is 13.6 Å². The number of sulfonamides is 1. The molecule has 0 radical (unpaired) electrons. The van der Waals surface area contributed by atoms with E-state index < -0.39 is 15.9 Å². The van der Waals surface area contributed by atoms with Crippen LogP contribution < -0.4 is 15.6 Å². The van der Waals surface area contributed by atoms with Crippen LogP contribution in [0.3, 0.4) is 0 Å². The maximum Gasteiger partial charge on any atom is 0.263 e. The lowest BCUT2D eigenvalue weighted by atomic mass is 10.0. The summed E-state index contributed by atoms with van der Waals surface area (Å²) in [6, 6.07) is 9.30. The van der Waals surface area contributed by atoms with Crippen LogP contribution in [-0.4, -0.2) is 44.8 Å². The minimum absolute atomic E-state index is 0.0239. The molecular formula is C26H27Cl2N5O5S. The van der Waals surface area contributed by atoms with Gasteiger partial charge in [0.15, 0.2) is 0 Å². The van der Waals surface area contributed by atoms with Crippen molar-refractivity contribution in [2.24, 2.45) is 10.9 Å². The van der Waals surface area contributed by atoms with Crippen molar-refractivity contribution in [2.75, 3.05) is 14.2 Å². The van der Waals surface area contributed by atoms with Gasteiger partial charge in [-0.15, -0.1) is 0 Å². The Morgan fingerprint density at radius 1 is 1.28 bits per heavy atom. The Labute approximate surface area is 236 Å². The molecule has 0 fully saturated rings. The fourth-order valence-electron chi connectivity index (χ4n) is 3.74. The van der Waals surface area contributed by atoms with Crippen LogP contribution in [0.2, 0.25) is 10.0 Å². The molecule has 3 rings (SSSR count). The van der Waals surface area contributed by atoms with E-state index in [1.54, 1.807) is 32.0 Å². The number of rotatable bonds is 10. The summed E-state index contributed by atoms with van der Waals surface area (Å²) in [5.41, 5.74) is 1.30. The molecule has 0 bridgehead atoms. The molecule has 0 spiro atoms. The van der Waals surface area contributed by atoms with Crippen LogP contribution in [0.4, 0.5) is 0 Å². The molecule has 1 heterocycles. The number of halogens is 2. The van der Waals surface area contributed by atoms with Crippen molar-refractivity contribution in [3.8, 4) is 0 Å². The van der Waals surface area contributed by atoms with Crippen LogP contribution in [0, 0.1) is 5.92 Å². The number of hydrogen-bond donors (Lipinski definition) is 2. The molecule has 206 valence electrons. The lowest BCUT2D eigenvalue weighted by Crippen LogP contribution is -2.32. The Balaban J connectivity index is 2.06. The number of aromatic nitrogens is 2. The number of allylic oxidation sites excluding steroid dienone is 2. The van der Waals surface area contributed by atoms with Gasteiger partial charge in [-0.1, -0.05) is 42.3 Å². The third kappa shape index (κ3) is 6.67. The predicted molar refractivity (Wildman–Crippen MR) is 153 cm³/mol. The Hall–Kier alpha value is -3.67. The van der Waals surface area contributed by atoms with Crippen LogP contribution in [0.5, 0.6) is 0 Å². The van der Waals surface area contributed by atoms with Crippen LogP contribution >= 0.6 is 23.2 Å². The van der Waals surface area contributed by atoms with Crippen LogP contribution in [0.1, 0.15) is 19.4 Å². The van der Waals surface area contributed by atoms with Gasteiger partial charge in [-0.3, -0.25) is 18.9 Å². The molecule has 1 atom stereocenters. The van der Waals surface area contributed by atoms with E-state index in [9.17, 15) is 18.0 Å². The van der Waals surface area contributed by atoms with Crippen molar-refractivity contribution in [3.05, 3.63) is 86.3 Å². The number of nitrogens with one attached hydrogen (secondary N) is 2. The summed E-state index contributed by atoms with van der Waals surface area (Å²) < 4.78 is 35.4. The second kappa shape index (κ2) is 12.5. The second-order valence-electron chi connectivity index (χ2n) is 8.52. The van der Waals surface area contributed by atoms with Gasteiger partial charge >= 0.3 is 0 Å². The van der Waals surface area contributed by atoms with Gasteiger partial charge in [0.05, 0.1) is 40.3 Å². The zero-order valence-electron chi connectivity index (χ0n) is 21.7. The Morgan fingerprint density at radius 3 is 2.64 bits per heavy atom. The van der Waals surface area contributed by atoms with E-state index in [0.717, 1.165) is 0 Å². The zero-order valence-corrected chi connectivity index (χ0v) is 24.0. The number of methoxy groups -OCH3 is 1. The first-order valence-corrected chi connectivity index (χ1v) is 13.8. The van der Waals surface area contributed by atoms with Crippen molar-refractivity contribution >= 4 is 62.3 Å². The van der Waals surface area contributed by atoms with Crippen molar-refractivity contribution in [1.29, 1.82) is 0 Å². The molecule has 0 aliphatic heterocycles. The predicted octanol–water partition coefficient (Wildman–Crippen LogP) is 3.98. The maximum atomic E-state index is 13.2. The molecule has 1 amide bonds. The Kier molecular flexibility index (Phi) is 9.54. The molecule has 39 heavy (non-hydrogen) atoms. The summed E-state index contributed by atoms with van der Waals surface area (Å²) in [4.78, 5) is 33.0. The number of carbonyl (C=O) groups excluding carboxylic acids is 1. The minimum Gasteiger partial charge on any atom is -0.480 e. The van der Waals surface area contributed by atoms with E-state index >= 15 is 0 Å². The molecule has 2 N–H and O–H groups in total. The molecule has 0 aliphatic rings. The normalized spacial score (nSPS) is 13.4. The summed E-state index contributed by atoms with van der Waals surface area (Å²) in [6.07, 6.45) is 2.90. The lowest BCUT2D eigenvalue weighted by Gasteiger charge is -2.14. The number of carbonyl (C=O) groups is 1. The van der Waals surface area contributed by atoms with Gasteiger partial charge in [0.25, 0.3) is 15.6 Å². The average molecular weight is 593 g/mol. The molecule has 13 heteroatoms. The molecular weight excluding hydrogens is 565 g/mol. The van der Waals surface area contributed by atoms with E-state index in [1.807, 2.05) is 0 Å². The monoisotopic (exact) mass is 591 g/mol. The first kappa shape index (κ1) is 29.9. The highest BCUT2D eigenvalue weighted by Gasteiger charge is 2.22. The van der Waals surface area contributed by atoms with Crippen molar-refractivity contribution < 1.29 is 17.9 Å². The third-order valence-corrected chi connectivity index (χ3v) is 8.16. The van der Waals surface area contributed by atoms with Gasteiger partial charge in [-0.25, -0.2) is 18.4 Å². The molecule has 0 saturated heterocycles. The van der Waals surface area contributed by atoms with E-state index in [4.69, 9.17) is 27.9 Å². The lowest BCUT2D eigenvalue weighted by molar-refractivity contribution is -0.124. The Morgan fingerprint density at radius 2 is 2.00 bits per heavy atom. The minimum atomic E-state index is -4.21. The number of nitrogens with zero attached hydrogens (tertiary/aromatic N) is 3. The van der Waals surface area contributed by atoms with Crippen molar-refractivity contribution in [1.82, 2.24) is 19.6 Å². The standard InChI is InChI=1S/C26H27Cl2N5O5S/c1-15(11-21(25(30-4)38-5)32-39(36,37)22-8-6-7-19(27)23(22)28)17-9-10-20-18(12-17)26(35)33(14-31-20)13-16(2)24(34)29-3/h6-12,14,16,32H,4,13H2,1-3,5H3,(H,29,34)/b15-11+,25-21-/t16-/m1/s1. The fourth-order valence-corrected chi connectivity index (χ4v) is 5.55. The highest BCUT2D eigenvalue weighted by atomic mass is 35.5. The van der Waals surface area contributed by atoms with Crippen molar-refractivity contribution in [2.45, 2.75) is 25.3 Å². The van der Waals surface area contributed by atoms with Gasteiger partial charge in [-0.2, -0.15) is 0 Å². The molecule has 3 aromatic rings. The quantitative estimate of drug-likeness (QED) is 0.208. The van der Waals surface area contributed by atoms with Crippen LogP contribution in [0.15, 0.2) is 75.1 Å². The number of ether oxygens (including phenoxy) is 1. The molecule has 0 unspecified atom stereocenters. The molecule has 10 nitrogen and oxygen atoms in total. The number of hydrogen-bond acceptors (Lipinski definition) is 7. The Bertz CT molecular complexity index is 1660. The zero-order chi connectivity index (χ0) is 28.9. The fraction of sp³-hybridized carbons (Fsp3) is 0.231. The van der Waals surface area contributed by atoms with E-state index in [0.29, 0.717) is 22.0 Å². The van der Waals surface area contributed by atoms with Gasteiger partial charge in [0.1, 0.15) is 10.6 Å². The molecule has 0 saturated carbocycles. The third-order valence-electron chi connectivity index (χ3n) is 5.82. The largest absolute Gasteiger partial charge is 0.480 e. The first-order valence-electron chi connectivity index (χ1n) is 11.5. The first-order chi connectivity index (χ1) is 18.4. The number of amides is 1. The van der Waals surface area contributed by atoms with E-state index in [2.05, 4.69) is 26.7 Å².